The number of anilines is 1. The molecule has 0 aliphatic heterocycles. The van der Waals surface area contributed by atoms with E-state index in [1.165, 1.54) is 31.6 Å². The van der Waals surface area contributed by atoms with E-state index in [-0.39, 0.29) is 17.3 Å². The number of rotatable bonds is 5. The van der Waals surface area contributed by atoms with Gasteiger partial charge < -0.3 is 10.1 Å². The lowest BCUT2D eigenvalue weighted by Crippen LogP contribution is -2.16. The zero-order chi connectivity index (χ0) is 22.7. The number of nitrogens with zero attached hydrogens (tertiary/aromatic N) is 5. The van der Waals surface area contributed by atoms with Crippen LogP contribution in [-0.4, -0.2) is 38.0 Å². The van der Waals surface area contributed by atoms with Crippen molar-refractivity contribution in [1.82, 2.24) is 25.0 Å². The minimum absolute atomic E-state index is 0.0720. The number of hydrogen-bond acceptors (Lipinski definition) is 6. The van der Waals surface area contributed by atoms with Gasteiger partial charge in [-0.3, -0.25) is 9.78 Å². The van der Waals surface area contributed by atoms with Gasteiger partial charge in [0.1, 0.15) is 5.75 Å². The SMILES string of the molecule is COc1ccc(C(=O)Nc2ccc(-n3nc(-c4cccnc4)cc3C(F)(F)F)nn2)cc1. The predicted molar refractivity (Wildman–Crippen MR) is 108 cm³/mol. The molecule has 0 spiro atoms. The Morgan fingerprint density at radius 3 is 2.44 bits per heavy atom. The molecular weight excluding hydrogens is 425 g/mol. The molecule has 4 aromatic rings. The topological polar surface area (TPSA) is 94.8 Å². The van der Waals surface area contributed by atoms with E-state index in [4.69, 9.17) is 4.74 Å². The quantitative estimate of drug-likeness (QED) is 0.504. The van der Waals surface area contributed by atoms with Crippen LogP contribution in [0.1, 0.15) is 16.1 Å². The van der Waals surface area contributed by atoms with Crippen molar-refractivity contribution >= 4 is 11.7 Å². The van der Waals surface area contributed by atoms with E-state index < -0.39 is 17.8 Å². The Bertz CT molecular complexity index is 1220. The van der Waals surface area contributed by atoms with Gasteiger partial charge in [0.15, 0.2) is 17.3 Å². The first-order valence-electron chi connectivity index (χ1n) is 9.22. The van der Waals surface area contributed by atoms with Crippen LogP contribution in [0.2, 0.25) is 0 Å². The summed E-state index contributed by atoms with van der Waals surface area (Å²) in [6.07, 6.45) is -1.75. The van der Waals surface area contributed by atoms with Gasteiger partial charge in [-0.25, -0.2) is 4.68 Å². The van der Waals surface area contributed by atoms with Crippen molar-refractivity contribution in [3.8, 4) is 22.8 Å². The zero-order valence-corrected chi connectivity index (χ0v) is 16.5. The molecular formula is C21H15F3N6O2. The first-order valence-corrected chi connectivity index (χ1v) is 9.22. The maximum atomic E-state index is 13.6. The lowest BCUT2D eigenvalue weighted by atomic mass is 10.2. The molecule has 0 atom stereocenters. The van der Waals surface area contributed by atoms with E-state index in [2.05, 4.69) is 25.6 Å². The number of aromatic nitrogens is 5. The van der Waals surface area contributed by atoms with Gasteiger partial charge in [-0.05, 0) is 54.6 Å². The van der Waals surface area contributed by atoms with E-state index in [0.29, 0.717) is 21.6 Å². The molecule has 0 fully saturated rings. The van der Waals surface area contributed by atoms with Crippen LogP contribution in [0.5, 0.6) is 5.75 Å². The number of methoxy groups -OCH3 is 1. The normalized spacial score (nSPS) is 11.2. The highest BCUT2D eigenvalue weighted by molar-refractivity contribution is 6.03. The fraction of sp³-hybridized carbons (Fsp3) is 0.0952. The molecule has 0 unspecified atom stereocenters. The second-order valence-electron chi connectivity index (χ2n) is 6.53. The largest absolute Gasteiger partial charge is 0.497 e. The second-order valence-corrected chi connectivity index (χ2v) is 6.53. The third kappa shape index (κ3) is 4.41. The van der Waals surface area contributed by atoms with Gasteiger partial charge in [0.05, 0.1) is 12.8 Å². The maximum absolute atomic E-state index is 13.6. The van der Waals surface area contributed by atoms with Gasteiger partial charge in [-0.2, -0.15) is 18.3 Å². The van der Waals surface area contributed by atoms with Crippen molar-refractivity contribution in [2.24, 2.45) is 0 Å². The van der Waals surface area contributed by atoms with Gasteiger partial charge in [0.2, 0.25) is 0 Å². The summed E-state index contributed by atoms with van der Waals surface area (Å²) >= 11 is 0. The van der Waals surface area contributed by atoms with Crippen LogP contribution >= 0.6 is 0 Å². The first kappa shape index (κ1) is 21.0. The summed E-state index contributed by atoms with van der Waals surface area (Å²) in [5, 5.41) is 14.2. The van der Waals surface area contributed by atoms with Crippen LogP contribution in [-0.2, 0) is 6.18 Å². The fourth-order valence-corrected chi connectivity index (χ4v) is 2.85. The minimum atomic E-state index is -4.67. The summed E-state index contributed by atoms with van der Waals surface area (Å²) in [5.41, 5.74) is -0.151. The van der Waals surface area contributed by atoms with Gasteiger partial charge in [0, 0.05) is 23.5 Å². The summed E-state index contributed by atoms with van der Waals surface area (Å²) in [4.78, 5) is 16.2. The van der Waals surface area contributed by atoms with Crippen molar-refractivity contribution in [3.05, 3.63) is 78.2 Å². The third-order valence-corrected chi connectivity index (χ3v) is 4.42. The molecule has 4 rings (SSSR count). The van der Waals surface area contributed by atoms with Crippen LogP contribution in [0.15, 0.2) is 67.0 Å². The number of carbonyl (C=O) groups excluding carboxylic acids is 1. The van der Waals surface area contributed by atoms with E-state index in [0.717, 1.165) is 6.07 Å². The van der Waals surface area contributed by atoms with E-state index in [1.807, 2.05) is 0 Å². The lowest BCUT2D eigenvalue weighted by Gasteiger charge is -2.09. The second kappa shape index (κ2) is 8.46. The van der Waals surface area contributed by atoms with Crippen LogP contribution in [0.25, 0.3) is 17.1 Å². The molecule has 0 saturated carbocycles. The number of hydrogen-bond donors (Lipinski definition) is 1. The number of alkyl halides is 3. The number of halogens is 3. The first-order chi connectivity index (χ1) is 15.3. The van der Waals surface area contributed by atoms with Crippen molar-refractivity contribution < 1.29 is 22.7 Å². The van der Waals surface area contributed by atoms with Crippen molar-refractivity contribution in [3.63, 3.8) is 0 Å². The highest BCUT2D eigenvalue weighted by Gasteiger charge is 2.37. The Morgan fingerprint density at radius 2 is 1.84 bits per heavy atom. The number of pyridine rings is 1. The molecule has 11 heteroatoms. The molecule has 162 valence electrons. The third-order valence-electron chi connectivity index (χ3n) is 4.42. The zero-order valence-electron chi connectivity index (χ0n) is 16.5. The van der Waals surface area contributed by atoms with Crippen molar-refractivity contribution in [1.29, 1.82) is 0 Å². The minimum Gasteiger partial charge on any atom is -0.497 e. The molecule has 3 heterocycles. The van der Waals surface area contributed by atoms with Crippen LogP contribution < -0.4 is 10.1 Å². The maximum Gasteiger partial charge on any atom is 0.433 e. The molecule has 1 amide bonds. The highest BCUT2D eigenvalue weighted by Crippen LogP contribution is 2.33. The molecule has 0 aliphatic carbocycles. The number of benzene rings is 1. The smallest absolute Gasteiger partial charge is 0.433 e. The molecule has 1 N–H and O–H groups in total. The number of carbonyl (C=O) groups is 1. The Balaban J connectivity index is 1.59. The van der Waals surface area contributed by atoms with Gasteiger partial charge in [-0.1, -0.05) is 0 Å². The van der Waals surface area contributed by atoms with Crippen molar-refractivity contribution in [2.45, 2.75) is 6.18 Å². The van der Waals surface area contributed by atoms with Crippen LogP contribution in [0.4, 0.5) is 19.0 Å². The Morgan fingerprint density at radius 1 is 1.06 bits per heavy atom. The lowest BCUT2D eigenvalue weighted by molar-refractivity contribution is -0.142. The van der Waals surface area contributed by atoms with Gasteiger partial charge in [0.25, 0.3) is 5.91 Å². The van der Waals surface area contributed by atoms with Gasteiger partial charge >= 0.3 is 6.18 Å². The highest BCUT2D eigenvalue weighted by atomic mass is 19.4. The molecule has 1 aromatic carbocycles. The Labute approximate surface area is 179 Å². The summed E-state index contributed by atoms with van der Waals surface area (Å²) in [6, 6.07) is 13.1. The molecule has 0 aliphatic rings. The number of nitrogens with one attached hydrogen (secondary N) is 1. The van der Waals surface area contributed by atoms with E-state index in [1.54, 1.807) is 36.4 Å². The summed E-state index contributed by atoms with van der Waals surface area (Å²) in [5.74, 6) is 0.0531. The van der Waals surface area contributed by atoms with Crippen LogP contribution in [0, 0.1) is 0 Å². The average Bonchev–Trinajstić information content (AvgIpc) is 3.26. The number of amides is 1. The average molecular weight is 440 g/mol. The summed E-state index contributed by atoms with van der Waals surface area (Å²) in [6.45, 7) is 0. The molecule has 3 aromatic heterocycles. The van der Waals surface area contributed by atoms with E-state index in [9.17, 15) is 18.0 Å². The monoisotopic (exact) mass is 440 g/mol. The molecule has 32 heavy (non-hydrogen) atoms. The van der Waals surface area contributed by atoms with Crippen molar-refractivity contribution in [2.75, 3.05) is 12.4 Å². The summed E-state index contributed by atoms with van der Waals surface area (Å²) < 4.78 is 46.4. The van der Waals surface area contributed by atoms with Gasteiger partial charge in [-0.15, -0.1) is 10.2 Å². The van der Waals surface area contributed by atoms with Crippen LogP contribution in [0.3, 0.4) is 0 Å². The Hall–Kier alpha value is -4.28. The fourth-order valence-electron chi connectivity index (χ4n) is 2.85. The molecule has 0 bridgehead atoms. The summed E-state index contributed by atoms with van der Waals surface area (Å²) in [7, 11) is 1.51. The predicted octanol–water partition coefficient (Wildman–Crippen LogP) is 4.00. The molecule has 0 saturated heterocycles. The molecule has 0 radical (unpaired) electrons. The van der Waals surface area contributed by atoms with E-state index >= 15 is 0 Å². The molecule has 8 nitrogen and oxygen atoms in total. The Kier molecular flexibility index (Phi) is 5.54. The standard InChI is InChI=1S/C21H15F3N6O2/c1-32-15-6-4-13(5-7-15)20(31)26-18-8-9-19(28-27-18)30-17(21(22,23)24)11-16(29-30)14-3-2-10-25-12-14/h2-12H,1H3,(H,26,27,31). The number of ether oxygens (including phenoxy) is 1.